The van der Waals surface area contributed by atoms with Crippen molar-refractivity contribution in [3.63, 3.8) is 0 Å². The van der Waals surface area contributed by atoms with Crippen molar-refractivity contribution in [1.29, 1.82) is 0 Å². The third-order valence-corrected chi connectivity index (χ3v) is 3.80. The van der Waals surface area contributed by atoms with Crippen LogP contribution in [0.1, 0.15) is 12.5 Å². The minimum atomic E-state index is -0.963. The van der Waals surface area contributed by atoms with Gasteiger partial charge in [-0.15, -0.1) is 12.4 Å². The van der Waals surface area contributed by atoms with Crippen LogP contribution >= 0.6 is 12.4 Å². The summed E-state index contributed by atoms with van der Waals surface area (Å²) in [5, 5.41) is 11.7. The summed E-state index contributed by atoms with van der Waals surface area (Å²) >= 11 is 0. The molecule has 0 radical (unpaired) electrons. The van der Waals surface area contributed by atoms with Crippen LogP contribution in [0.25, 0.3) is 0 Å². The molecule has 0 fully saturated rings. The van der Waals surface area contributed by atoms with Crippen LogP contribution in [0, 0.1) is 0 Å². The van der Waals surface area contributed by atoms with E-state index in [0.717, 1.165) is 5.56 Å². The molecule has 2 aromatic rings. The number of hydrogen-bond donors (Lipinski definition) is 2. The molecule has 0 spiro atoms. The maximum Gasteiger partial charge on any atom is 0.320 e. The molecule has 0 aliphatic carbocycles. The van der Waals surface area contributed by atoms with Crippen molar-refractivity contribution in [1.82, 2.24) is 4.90 Å². The molecule has 0 aliphatic rings. The number of hydrogen-bond acceptors (Lipinski definition) is 4. The first kappa shape index (κ1) is 21.5. The summed E-state index contributed by atoms with van der Waals surface area (Å²) < 4.78 is 5.69. The van der Waals surface area contributed by atoms with Gasteiger partial charge in [-0.25, -0.2) is 0 Å². The van der Waals surface area contributed by atoms with Crippen molar-refractivity contribution < 1.29 is 19.4 Å². The number of amides is 1. The molecule has 1 unspecified atom stereocenters. The summed E-state index contributed by atoms with van der Waals surface area (Å²) in [5.41, 5.74) is 1.71. The number of ether oxygens (including phenoxy) is 1. The van der Waals surface area contributed by atoms with E-state index in [9.17, 15) is 9.59 Å². The number of nitrogens with zero attached hydrogens (tertiary/aromatic N) is 1. The molecule has 2 N–H and O–H groups in total. The highest BCUT2D eigenvalue weighted by Gasteiger charge is 2.18. The van der Waals surface area contributed by atoms with E-state index in [4.69, 9.17) is 9.84 Å². The van der Waals surface area contributed by atoms with E-state index in [1.54, 1.807) is 31.3 Å². The van der Waals surface area contributed by atoms with Crippen molar-refractivity contribution in [3.8, 4) is 5.75 Å². The average molecular weight is 379 g/mol. The molecule has 140 valence electrons. The van der Waals surface area contributed by atoms with Crippen molar-refractivity contribution in [3.05, 3.63) is 60.2 Å². The number of rotatable bonds is 8. The van der Waals surface area contributed by atoms with Gasteiger partial charge >= 0.3 is 5.97 Å². The third kappa shape index (κ3) is 6.74. The second kappa shape index (κ2) is 10.4. The number of benzene rings is 2. The van der Waals surface area contributed by atoms with Crippen molar-refractivity contribution in [2.45, 2.75) is 19.6 Å². The lowest BCUT2D eigenvalue weighted by molar-refractivity contribution is -0.142. The minimum absolute atomic E-state index is 0. The van der Waals surface area contributed by atoms with E-state index < -0.39 is 12.0 Å². The van der Waals surface area contributed by atoms with Gasteiger partial charge in [0.1, 0.15) is 18.4 Å². The Morgan fingerprint density at radius 3 is 2.31 bits per heavy atom. The number of carboxylic acid groups (broad SMARTS) is 1. The zero-order valence-electron chi connectivity index (χ0n) is 14.7. The van der Waals surface area contributed by atoms with Crippen LogP contribution in [-0.2, 0) is 16.2 Å². The molecule has 7 heteroatoms. The van der Waals surface area contributed by atoms with Gasteiger partial charge in [0.25, 0.3) is 0 Å². The zero-order chi connectivity index (χ0) is 18.2. The fraction of sp³-hybridized carbons (Fsp3) is 0.263. The number of carbonyl (C=O) groups is 2. The lowest BCUT2D eigenvalue weighted by Crippen LogP contribution is -2.40. The van der Waals surface area contributed by atoms with Gasteiger partial charge in [0, 0.05) is 5.69 Å². The number of carboxylic acids is 1. The average Bonchev–Trinajstić information content (AvgIpc) is 2.61. The molecule has 26 heavy (non-hydrogen) atoms. The van der Waals surface area contributed by atoms with E-state index in [2.05, 4.69) is 5.32 Å². The molecule has 2 rings (SSSR count). The van der Waals surface area contributed by atoms with Gasteiger partial charge in [0.15, 0.2) is 0 Å². The van der Waals surface area contributed by atoms with E-state index in [1.807, 2.05) is 30.3 Å². The van der Waals surface area contributed by atoms with Crippen LogP contribution in [0.3, 0.4) is 0 Å². The van der Waals surface area contributed by atoms with Crippen molar-refractivity contribution >= 4 is 30.0 Å². The molecule has 0 bridgehead atoms. The molecule has 0 saturated heterocycles. The summed E-state index contributed by atoms with van der Waals surface area (Å²) in [7, 11) is 1.60. The topological polar surface area (TPSA) is 78.9 Å². The van der Waals surface area contributed by atoms with Gasteiger partial charge < -0.3 is 15.2 Å². The van der Waals surface area contributed by atoms with Crippen molar-refractivity contribution in [2.24, 2.45) is 0 Å². The Balaban J connectivity index is 0.00000338. The number of likely N-dealkylation sites (N-methyl/N-ethyl adjacent to an activating group) is 1. The fourth-order valence-corrected chi connectivity index (χ4v) is 2.13. The first-order valence-corrected chi connectivity index (χ1v) is 7.95. The van der Waals surface area contributed by atoms with Crippen LogP contribution in [0.4, 0.5) is 5.69 Å². The molecule has 1 atom stereocenters. The Hall–Kier alpha value is -2.57. The maximum absolute atomic E-state index is 12.0. The minimum Gasteiger partial charge on any atom is -0.489 e. The van der Waals surface area contributed by atoms with E-state index >= 15 is 0 Å². The summed E-state index contributed by atoms with van der Waals surface area (Å²) in [6, 6.07) is 16.2. The zero-order valence-corrected chi connectivity index (χ0v) is 15.5. The van der Waals surface area contributed by atoms with E-state index in [0.29, 0.717) is 18.0 Å². The van der Waals surface area contributed by atoms with Gasteiger partial charge in [0.05, 0.1) is 6.54 Å². The summed E-state index contributed by atoms with van der Waals surface area (Å²) in [5.74, 6) is -0.526. The van der Waals surface area contributed by atoms with E-state index in [1.165, 1.54) is 11.8 Å². The number of aliphatic carboxylic acids is 1. The summed E-state index contributed by atoms with van der Waals surface area (Å²) in [4.78, 5) is 24.3. The number of halogens is 1. The molecular formula is C19H23ClN2O4. The number of nitrogens with one attached hydrogen (secondary N) is 1. The first-order chi connectivity index (χ1) is 12.0. The maximum atomic E-state index is 12.0. The molecule has 0 aliphatic heterocycles. The molecular weight excluding hydrogens is 356 g/mol. The quantitative estimate of drug-likeness (QED) is 0.738. The predicted molar refractivity (Wildman–Crippen MR) is 103 cm³/mol. The highest BCUT2D eigenvalue weighted by molar-refractivity contribution is 5.92. The highest BCUT2D eigenvalue weighted by Crippen LogP contribution is 2.17. The molecule has 0 saturated carbocycles. The lowest BCUT2D eigenvalue weighted by atomic mass is 10.2. The Morgan fingerprint density at radius 2 is 1.73 bits per heavy atom. The molecule has 2 aromatic carbocycles. The van der Waals surface area contributed by atoms with Gasteiger partial charge in [-0.05, 0) is 43.8 Å². The van der Waals surface area contributed by atoms with Gasteiger partial charge in [-0.1, -0.05) is 30.3 Å². The monoisotopic (exact) mass is 378 g/mol. The van der Waals surface area contributed by atoms with Crippen LogP contribution in [0.2, 0.25) is 0 Å². The summed E-state index contributed by atoms with van der Waals surface area (Å²) in [6.07, 6.45) is 0. The SMILES string of the molecule is CC(C(=O)O)N(C)CC(=O)Nc1ccc(OCc2ccccc2)cc1.Cl. The Morgan fingerprint density at radius 1 is 1.12 bits per heavy atom. The van der Waals surface area contributed by atoms with Crippen LogP contribution in [-0.4, -0.2) is 41.5 Å². The molecule has 0 heterocycles. The molecule has 1 amide bonds. The highest BCUT2D eigenvalue weighted by atomic mass is 35.5. The van der Waals surface area contributed by atoms with Gasteiger partial charge in [-0.2, -0.15) is 0 Å². The first-order valence-electron chi connectivity index (χ1n) is 7.95. The van der Waals surface area contributed by atoms with Crippen molar-refractivity contribution in [2.75, 3.05) is 18.9 Å². The largest absolute Gasteiger partial charge is 0.489 e. The van der Waals surface area contributed by atoms with Gasteiger partial charge in [0.2, 0.25) is 5.91 Å². The molecule has 0 aromatic heterocycles. The number of anilines is 1. The van der Waals surface area contributed by atoms with Crippen LogP contribution in [0.15, 0.2) is 54.6 Å². The van der Waals surface area contributed by atoms with Crippen LogP contribution in [0.5, 0.6) is 5.75 Å². The standard InChI is InChI=1S/C19H22N2O4.ClH/c1-14(19(23)24)21(2)12-18(22)20-16-8-10-17(11-9-16)25-13-15-6-4-3-5-7-15;/h3-11,14H,12-13H2,1-2H3,(H,20,22)(H,23,24);1H. The van der Waals surface area contributed by atoms with Gasteiger partial charge in [-0.3, -0.25) is 14.5 Å². The third-order valence-electron chi connectivity index (χ3n) is 3.80. The smallest absolute Gasteiger partial charge is 0.320 e. The fourth-order valence-electron chi connectivity index (χ4n) is 2.13. The second-order valence-corrected chi connectivity index (χ2v) is 5.78. The predicted octanol–water partition coefficient (Wildman–Crippen LogP) is 3.03. The Kier molecular flexibility index (Phi) is 8.61. The Bertz CT molecular complexity index is 707. The summed E-state index contributed by atoms with van der Waals surface area (Å²) in [6.45, 7) is 2.01. The normalized spacial score (nSPS) is 11.3. The lowest BCUT2D eigenvalue weighted by Gasteiger charge is -2.20. The second-order valence-electron chi connectivity index (χ2n) is 5.78. The molecule has 6 nitrogen and oxygen atoms in total. The Labute approximate surface area is 159 Å². The van der Waals surface area contributed by atoms with Crippen LogP contribution < -0.4 is 10.1 Å². The van der Waals surface area contributed by atoms with E-state index in [-0.39, 0.29) is 24.9 Å². The number of carbonyl (C=O) groups excluding carboxylic acids is 1.